The van der Waals surface area contributed by atoms with Crippen molar-refractivity contribution in [1.29, 1.82) is 0 Å². The third-order valence-corrected chi connectivity index (χ3v) is 3.41. The van der Waals surface area contributed by atoms with Crippen LogP contribution in [0.15, 0.2) is 18.2 Å². The molecule has 0 unspecified atom stereocenters. The summed E-state index contributed by atoms with van der Waals surface area (Å²) in [6.45, 7) is 7.57. The number of urea groups is 1. The van der Waals surface area contributed by atoms with E-state index in [4.69, 9.17) is 23.2 Å². The van der Waals surface area contributed by atoms with Gasteiger partial charge in [-0.1, -0.05) is 29.3 Å². The summed E-state index contributed by atoms with van der Waals surface area (Å²) in [7, 11) is 0. The molecule has 0 heterocycles. The predicted octanol–water partition coefficient (Wildman–Crippen LogP) is 2.24. The number of quaternary nitrogens is 1. The number of hydrogen-bond donors (Lipinski definition) is 3. The van der Waals surface area contributed by atoms with Gasteiger partial charge in [-0.05, 0) is 39.8 Å². The fourth-order valence-corrected chi connectivity index (χ4v) is 2.41. The Morgan fingerprint density at radius 3 is 2.45 bits per heavy atom. The molecule has 0 spiro atoms. The van der Waals surface area contributed by atoms with Crippen LogP contribution in [-0.4, -0.2) is 24.0 Å². The zero-order valence-corrected chi connectivity index (χ0v) is 14.7. The molecule has 0 saturated heterocycles. The molecule has 1 aromatic rings. The van der Waals surface area contributed by atoms with Gasteiger partial charge in [0.1, 0.15) is 6.04 Å². The standard InChI is InChI=1S/C15H21Cl2N3O2/c1-9(11-6-5-10(16)7-12(11)17)18-8-13(21)19-14(22)20-15(2,3)4/h5-7,9,18H,8H2,1-4H3,(H2,19,20,21,22)/p+1/t9-/m0/s1. The van der Waals surface area contributed by atoms with Crippen molar-refractivity contribution < 1.29 is 14.9 Å². The van der Waals surface area contributed by atoms with Crippen molar-refractivity contribution in [3.63, 3.8) is 0 Å². The summed E-state index contributed by atoms with van der Waals surface area (Å²) in [4.78, 5) is 23.3. The molecule has 0 saturated carbocycles. The van der Waals surface area contributed by atoms with Crippen molar-refractivity contribution in [1.82, 2.24) is 10.6 Å². The fraction of sp³-hybridized carbons (Fsp3) is 0.467. The van der Waals surface area contributed by atoms with Gasteiger partial charge in [-0.25, -0.2) is 4.79 Å². The summed E-state index contributed by atoms with van der Waals surface area (Å²) in [6, 6.07) is 4.73. The number of hydrogen-bond acceptors (Lipinski definition) is 2. The number of nitrogens with one attached hydrogen (secondary N) is 2. The van der Waals surface area contributed by atoms with Gasteiger partial charge in [0.15, 0.2) is 6.54 Å². The molecule has 1 rings (SSSR count). The van der Waals surface area contributed by atoms with E-state index >= 15 is 0 Å². The Balaban J connectivity index is 2.48. The molecular formula is C15H22Cl2N3O2+. The first-order valence-corrected chi connectivity index (χ1v) is 7.74. The normalized spacial score (nSPS) is 12.6. The first-order valence-electron chi connectivity index (χ1n) is 6.99. The molecule has 22 heavy (non-hydrogen) atoms. The lowest BCUT2D eigenvalue weighted by Gasteiger charge is -2.20. The molecule has 1 atom stereocenters. The van der Waals surface area contributed by atoms with Gasteiger partial charge in [-0.3, -0.25) is 10.1 Å². The molecule has 7 heteroatoms. The van der Waals surface area contributed by atoms with Gasteiger partial charge >= 0.3 is 6.03 Å². The molecular weight excluding hydrogens is 325 g/mol. The molecule has 1 aromatic carbocycles. The van der Waals surface area contributed by atoms with Gasteiger partial charge in [0, 0.05) is 16.1 Å². The van der Waals surface area contributed by atoms with Crippen LogP contribution in [0.5, 0.6) is 0 Å². The molecule has 0 bridgehead atoms. The minimum atomic E-state index is -0.497. The van der Waals surface area contributed by atoms with E-state index in [1.807, 2.05) is 33.8 Å². The first kappa shape index (κ1) is 18.7. The molecule has 0 aromatic heterocycles. The van der Waals surface area contributed by atoms with Crippen LogP contribution in [0, 0.1) is 0 Å². The van der Waals surface area contributed by atoms with E-state index in [2.05, 4.69) is 10.6 Å². The summed E-state index contributed by atoms with van der Waals surface area (Å²) in [5.74, 6) is -0.362. The van der Waals surface area contributed by atoms with Crippen LogP contribution < -0.4 is 16.0 Å². The molecule has 0 aliphatic heterocycles. The van der Waals surface area contributed by atoms with Crippen molar-refractivity contribution in [3.8, 4) is 0 Å². The van der Waals surface area contributed by atoms with E-state index in [9.17, 15) is 9.59 Å². The van der Waals surface area contributed by atoms with Crippen molar-refractivity contribution in [2.24, 2.45) is 0 Å². The number of amides is 3. The van der Waals surface area contributed by atoms with Gasteiger partial charge in [0.2, 0.25) is 0 Å². The topological polar surface area (TPSA) is 74.8 Å². The molecule has 5 nitrogen and oxygen atoms in total. The number of carbonyl (C=O) groups excluding carboxylic acids is 2. The number of benzene rings is 1. The Kier molecular flexibility index (Phi) is 6.66. The fourth-order valence-electron chi connectivity index (χ4n) is 1.83. The zero-order chi connectivity index (χ0) is 16.9. The monoisotopic (exact) mass is 346 g/mol. The number of nitrogens with two attached hydrogens (primary N) is 1. The number of imide groups is 1. The average Bonchev–Trinajstić information content (AvgIpc) is 2.33. The van der Waals surface area contributed by atoms with Crippen molar-refractivity contribution in [3.05, 3.63) is 33.8 Å². The largest absolute Gasteiger partial charge is 0.333 e. The molecule has 4 N–H and O–H groups in total. The first-order chi connectivity index (χ1) is 10.1. The predicted molar refractivity (Wildman–Crippen MR) is 88.1 cm³/mol. The van der Waals surface area contributed by atoms with E-state index in [0.29, 0.717) is 10.0 Å². The molecule has 0 radical (unpaired) electrons. The van der Waals surface area contributed by atoms with Gasteiger partial charge in [0.25, 0.3) is 5.91 Å². The van der Waals surface area contributed by atoms with Gasteiger partial charge in [-0.15, -0.1) is 0 Å². The van der Waals surface area contributed by atoms with Crippen LogP contribution in [0.3, 0.4) is 0 Å². The third-order valence-electron chi connectivity index (χ3n) is 2.85. The Bertz CT molecular complexity index is 556. The number of rotatable bonds is 4. The van der Waals surface area contributed by atoms with E-state index in [-0.39, 0.29) is 18.5 Å². The average molecular weight is 347 g/mol. The van der Waals surface area contributed by atoms with Gasteiger partial charge < -0.3 is 10.6 Å². The van der Waals surface area contributed by atoms with Crippen LogP contribution in [0.25, 0.3) is 0 Å². The maximum absolute atomic E-state index is 11.8. The van der Waals surface area contributed by atoms with Crippen LogP contribution in [-0.2, 0) is 4.79 Å². The third kappa shape index (κ3) is 6.64. The van der Waals surface area contributed by atoms with Crippen LogP contribution in [0.2, 0.25) is 10.0 Å². The lowest BCUT2D eigenvalue weighted by molar-refractivity contribution is -0.682. The lowest BCUT2D eigenvalue weighted by atomic mass is 10.1. The number of halogens is 2. The van der Waals surface area contributed by atoms with Crippen LogP contribution in [0.1, 0.15) is 39.3 Å². The maximum Gasteiger partial charge on any atom is 0.322 e. The van der Waals surface area contributed by atoms with E-state index < -0.39 is 11.6 Å². The Labute approximate surface area is 140 Å². The molecule has 3 amide bonds. The minimum absolute atomic E-state index is 0.0267. The van der Waals surface area contributed by atoms with Gasteiger partial charge in [0.05, 0.1) is 5.02 Å². The van der Waals surface area contributed by atoms with Crippen molar-refractivity contribution in [2.75, 3.05) is 6.54 Å². The number of carbonyl (C=O) groups is 2. The van der Waals surface area contributed by atoms with E-state index in [1.54, 1.807) is 17.4 Å². The second-order valence-corrected chi connectivity index (χ2v) is 6.99. The summed E-state index contributed by atoms with van der Waals surface area (Å²) in [5.41, 5.74) is 0.496. The summed E-state index contributed by atoms with van der Waals surface area (Å²) < 4.78 is 0. The highest BCUT2D eigenvalue weighted by Gasteiger charge is 2.18. The summed E-state index contributed by atoms with van der Waals surface area (Å²) in [6.07, 6.45) is 0. The van der Waals surface area contributed by atoms with E-state index in [1.165, 1.54) is 0 Å². The van der Waals surface area contributed by atoms with Gasteiger partial charge in [-0.2, -0.15) is 0 Å². The highest BCUT2D eigenvalue weighted by molar-refractivity contribution is 6.35. The summed E-state index contributed by atoms with van der Waals surface area (Å²) >= 11 is 12.0. The van der Waals surface area contributed by atoms with Crippen molar-refractivity contribution >= 4 is 35.1 Å². The summed E-state index contributed by atoms with van der Waals surface area (Å²) in [5, 5.41) is 7.88. The molecule has 0 aliphatic carbocycles. The highest BCUT2D eigenvalue weighted by atomic mass is 35.5. The van der Waals surface area contributed by atoms with Crippen LogP contribution in [0.4, 0.5) is 4.79 Å². The Morgan fingerprint density at radius 2 is 1.91 bits per heavy atom. The van der Waals surface area contributed by atoms with Crippen molar-refractivity contribution in [2.45, 2.75) is 39.3 Å². The molecule has 0 fully saturated rings. The van der Waals surface area contributed by atoms with Crippen LogP contribution >= 0.6 is 23.2 Å². The second kappa shape index (κ2) is 7.81. The minimum Gasteiger partial charge on any atom is -0.333 e. The smallest absolute Gasteiger partial charge is 0.322 e. The quantitative estimate of drug-likeness (QED) is 0.781. The maximum atomic E-state index is 11.8. The highest BCUT2D eigenvalue weighted by Crippen LogP contribution is 2.24. The lowest BCUT2D eigenvalue weighted by Crippen LogP contribution is -2.87. The SMILES string of the molecule is C[C@H]([NH2+]CC(=O)NC(=O)NC(C)(C)C)c1ccc(Cl)cc1Cl. The zero-order valence-electron chi connectivity index (χ0n) is 13.2. The second-order valence-electron chi connectivity index (χ2n) is 6.15. The van der Waals surface area contributed by atoms with E-state index in [0.717, 1.165) is 5.56 Å². The molecule has 0 aliphatic rings. The Morgan fingerprint density at radius 1 is 1.27 bits per heavy atom. The molecule has 122 valence electrons. The Hall–Kier alpha value is -1.30.